The van der Waals surface area contributed by atoms with Crippen molar-refractivity contribution in [3.8, 4) is 0 Å². The van der Waals surface area contributed by atoms with E-state index in [1.54, 1.807) is 21.3 Å². The molecule has 156 valence electrons. The lowest BCUT2D eigenvalue weighted by atomic mass is 10.7. The largest absolute Gasteiger partial charge is 0.382 e. The molecule has 0 aromatic rings. The number of hydrazine groups is 1. The summed E-state index contributed by atoms with van der Waals surface area (Å²) in [4.78, 5) is 0. The average Bonchev–Trinajstić information content (AvgIpc) is 2.64. The van der Waals surface area contributed by atoms with Gasteiger partial charge in [-0.1, -0.05) is 0 Å². The van der Waals surface area contributed by atoms with Gasteiger partial charge in [0.2, 0.25) is 0 Å². The summed E-state index contributed by atoms with van der Waals surface area (Å²) in [5.41, 5.74) is 12.8. The predicted molar refractivity (Wildman–Crippen MR) is 98.4 cm³/mol. The fraction of sp³-hybridized carbons (Fsp3) is 1.00. The van der Waals surface area contributed by atoms with E-state index in [1.165, 1.54) is 0 Å². The monoisotopic (exact) mass is 372 g/mol. The first kappa shape index (κ1) is 29.4. The van der Waals surface area contributed by atoms with Crippen LogP contribution in [0.3, 0.4) is 0 Å². The molecular weight excluding hydrogens is 332 g/mol. The molecule has 0 aromatic heterocycles. The molecule has 0 rings (SSSR count). The molecule has 0 aromatic carbocycles. The smallest absolute Gasteiger partial charge is 0.0700 e. The zero-order valence-electron chi connectivity index (χ0n) is 16.2. The second kappa shape index (κ2) is 34.8. The SMILES string of the molecule is COCCOCCN.COCCOCCN.COCCOCCNN. The Hall–Kier alpha value is -0.400. The van der Waals surface area contributed by atoms with Gasteiger partial charge in [-0.15, -0.1) is 0 Å². The highest BCUT2D eigenvalue weighted by atomic mass is 16.5. The van der Waals surface area contributed by atoms with E-state index >= 15 is 0 Å². The van der Waals surface area contributed by atoms with Gasteiger partial charge in [0.1, 0.15) is 0 Å². The van der Waals surface area contributed by atoms with Gasteiger partial charge in [0.05, 0.1) is 59.5 Å². The lowest BCUT2D eigenvalue weighted by Crippen LogP contribution is -2.26. The van der Waals surface area contributed by atoms with E-state index in [9.17, 15) is 0 Å². The third-order valence-corrected chi connectivity index (χ3v) is 2.21. The van der Waals surface area contributed by atoms with Gasteiger partial charge in [0.25, 0.3) is 0 Å². The van der Waals surface area contributed by atoms with Crippen molar-refractivity contribution in [2.24, 2.45) is 17.3 Å². The maximum absolute atomic E-state index is 5.14. The molecule has 0 aliphatic rings. The zero-order chi connectivity index (χ0) is 19.4. The summed E-state index contributed by atoms with van der Waals surface area (Å²) in [7, 11) is 4.93. The number of nitrogens with one attached hydrogen (secondary N) is 1. The van der Waals surface area contributed by atoms with Gasteiger partial charge in [0, 0.05) is 41.0 Å². The van der Waals surface area contributed by atoms with E-state index in [0.717, 1.165) is 0 Å². The molecular formula is C15H40N4O6. The summed E-state index contributed by atoms with van der Waals surface area (Å²) in [6.45, 7) is 7.63. The molecule has 0 unspecified atom stereocenters. The number of nitrogens with two attached hydrogens (primary N) is 3. The van der Waals surface area contributed by atoms with Crippen molar-refractivity contribution in [2.45, 2.75) is 0 Å². The highest BCUT2D eigenvalue weighted by molar-refractivity contribution is 4.33. The maximum atomic E-state index is 5.14. The van der Waals surface area contributed by atoms with Crippen LogP contribution in [-0.4, -0.2) is 100 Å². The fourth-order valence-corrected chi connectivity index (χ4v) is 1.03. The van der Waals surface area contributed by atoms with E-state index in [2.05, 4.69) is 5.43 Å². The summed E-state index contributed by atoms with van der Waals surface area (Å²) in [5.74, 6) is 4.98. The molecule has 0 aliphatic heterocycles. The molecule has 0 saturated carbocycles. The lowest BCUT2D eigenvalue weighted by Gasteiger charge is -2.00. The first-order valence-electron chi connectivity index (χ1n) is 8.28. The molecule has 0 bridgehead atoms. The molecule has 0 spiro atoms. The molecule has 25 heavy (non-hydrogen) atoms. The van der Waals surface area contributed by atoms with Crippen molar-refractivity contribution in [3.63, 3.8) is 0 Å². The van der Waals surface area contributed by atoms with Gasteiger partial charge in [-0.25, -0.2) is 0 Å². The molecule has 10 heteroatoms. The van der Waals surface area contributed by atoms with Crippen molar-refractivity contribution >= 4 is 0 Å². The minimum atomic E-state index is 0.587. The van der Waals surface area contributed by atoms with Crippen molar-refractivity contribution < 1.29 is 28.4 Å². The number of hydrogen-bond acceptors (Lipinski definition) is 10. The van der Waals surface area contributed by atoms with E-state index in [1.807, 2.05) is 0 Å². The van der Waals surface area contributed by atoms with E-state index in [-0.39, 0.29) is 0 Å². The normalized spacial score (nSPS) is 9.84. The Morgan fingerprint density at radius 3 is 1.20 bits per heavy atom. The Morgan fingerprint density at radius 2 is 0.920 bits per heavy atom. The quantitative estimate of drug-likeness (QED) is 0.141. The van der Waals surface area contributed by atoms with Crippen LogP contribution in [0.4, 0.5) is 0 Å². The third-order valence-electron chi connectivity index (χ3n) is 2.21. The predicted octanol–water partition coefficient (Wildman–Crippen LogP) is -1.67. The van der Waals surface area contributed by atoms with Crippen LogP contribution in [0.15, 0.2) is 0 Å². The van der Waals surface area contributed by atoms with Crippen LogP contribution in [0.2, 0.25) is 0 Å². The van der Waals surface area contributed by atoms with Crippen LogP contribution in [0.1, 0.15) is 0 Å². The Labute approximate surface area is 152 Å². The molecule has 10 nitrogen and oxygen atoms in total. The Balaban J connectivity index is -0.000000291. The highest BCUT2D eigenvalue weighted by Gasteiger charge is 1.84. The van der Waals surface area contributed by atoms with Gasteiger partial charge in [-0.2, -0.15) is 0 Å². The van der Waals surface area contributed by atoms with Crippen molar-refractivity contribution in [3.05, 3.63) is 0 Å². The third kappa shape index (κ3) is 45.2. The number of ether oxygens (including phenoxy) is 6. The summed E-state index contributed by atoms with van der Waals surface area (Å²) in [6.07, 6.45) is 0. The van der Waals surface area contributed by atoms with E-state index in [4.69, 9.17) is 45.7 Å². The first-order valence-corrected chi connectivity index (χ1v) is 8.28. The Morgan fingerprint density at radius 1 is 0.560 bits per heavy atom. The summed E-state index contributed by atoms with van der Waals surface area (Å²) in [6, 6.07) is 0. The maximum Gasteiger partial charge on any atom is 0.0700 e. The van der Waals surface area contributed by atoms with Gasteiger partial charge in [-0.3, -0.25) is 11.3 Å². The number of hydrogen-bond donors (Lipinski definition) is 4. The van der Waals surface area contributed by atoms with Gasteiger partial charge in [0.15, 0.2) is 0 Å². The van der Waals surface area contributed by atoms with Crippen LogP contribution in [0.5, 0.6) is 0 Å². The number of rotatable bonds is 16. The summed E-state index contributed by atoms with van der Waals surface area (Å²) in [5, 5.41) is 0. The van der Waals surface area contributed by atoms with Crippen molar-refractivity contribution in [1.82, 2.24) is 5.43 Å². The molecule has 0 radical (unpaired) electrons. The van der Waals surface area contributed by atoms with Gasteiger partial charge >= 0.3 is 0 Å². The standard InChI is InChI=1S/C5H14N2O2.2C5H13NO2/c1-8-4-5-9-3-2-7-6;2*1-7-4-5-8-3-2-6/h7H,2-6H2,1H3;2*2-6H2,1H3. The van der Waals surface area contributed by atoms with Gasteiger partial charge in [-0.05, 0) is 0 Å². The molecule has 0 fully saturated rings. The van der Waals surface area contributed by atoms with Crippen LogP contribution in [0.25, 0.3) is 0 Å². The Bertz CT molecular complexity index is 165. The molecule has 0 atom stereocenters. The van der Waals surface area contributed by atoms with Gasteiger partial charge < -0.3 is 39.9 Å². The number of methoxy groups -OCH3 is 3. The van der Waals surface area contributed by atoms with Crippen LogP contribution in [0, 0.1) is 0 Å². The Kier molecular flexibility index (Phi) is 40.9. The van der Waals surface area contributed by atoms with E-state index in [0.29, 0.717) is 79.1 Å². The van der Waals surface area contributed by atoms with Crippen LogP contribution < -0.4 is 22.7 Å². The average molecular weight is 373 g/mol. The fourth-order valence-electron chi connectivity index (χ4n) is 1.03. The molecule has 0 heterocycles. The zero-order valence-corrected chi connectivity index (χ0v) is 16.2. The second-order valence-electron chi connectivity index (χ2n) is 4.35. The topological polar surface area (TPSA) is 145 Å². The minimum absolute atomic E-state index is 0.587. The first-order chi connectivity index (χ1) is 12.2. The lowest BCUT2D eigenvalue weighted by molar-refractivity contribution is 0.0721. The second-order valence-corrected chi connectivity index (χ2v) is 4.35. The summed E-state index contributed by atoms with van der Waals surface area (Å²) >= 11 is 0. The van der Waals surface area contributed by atoms with E-state index < -0.39 is 0 Å². The van der Waals surface area contributed by atoms with Crippen LogP contribution >= 0.6 is 0 Å². The van der Waals surface area contributed by atoms with Crippen LogP contribution in [-0.2, 0) is 28.4 Å². The van der Waals surface area contributed by atoms with Crippen molar-refractivity contribution in [2.75, 3.05) is 100 Å². The summed E-state index contributed by atoms with van der Waals surface area (Å²) < 4.78 is 29.2. The minimum Gasteiger partial charge on any atom is -0.382 e. The molecule has 0 saturated heterocycles. The van der Waals surface area contributed by atoms with Crippen molar-refractivity contribution in [1.29, 1.82) is 0 Å². The molecule has 7 N–H and O–H groups in total. The highest BCUT2D eigenvalue weighted by Crippen LogP contribution is 1.73. The molecule has 0 aliphatic carbocycles. The molecule has 0 amide bonds.